The highest BCUT2D eigenvalue weighted by molar-refractivity contribution is 5.60. The first kappa shape index (κ1) is 18.5. The summed E-state index contributed by atoms with van der Waals surface area (Å²) < 4.78 is 0. The smallest absolute Gasteiger partial charge is 0.229 e. The Hall–Kier alpha value is -2.30. The first-order chi connectivity index (χ1) is 12.5. The van der Waals surface area contributed by atoms with E-state index < -0.39 is 0 Å². The number of hydrogen-bond acceptors (Lipinski definition) is 5. The van der Waals surface area contributed by atoms with E-state index in [-0.39, 0.29) is 0 Å². The summed E-state index contributed by atoms with van der Waals surface area (Å²) in [6, 6.07) is 10.6. The predicted molar refractivity (Wildman–Crippen MR) is 110 cm³/mol. The molecule has 26 heavy (non-hydrogen) atoms. The maximum absolute atomic E-state index is 4.58. The Bertz CT molecular complexity index is 703. The fourth-order valence-electron chi connectivity index (χ4n) is 3.18. The zero-order valence-electron chi connectivity index (χ0n) is 16.4. The van der Waals surface area contributed by atoms with Crippen molar-refractivity contribution < 1.29 is 0 Å². The minimum absolute atomic E-state index is 0.576. The highest BCUT2D eigenvalue weighted by atomic mass is 15.2. The van der Waals surface area contributed by atoms with Crippen LogP contribution in [0.25, 0.3) is 0 Å². The maximum Gasteiger partial charge on any atom is 0.229 e. The third-order valence-electron chi connectivity index (χ3n) is 4.82. The first-order valence-corrected chi connectivity index (χ1v) is 9.71. The van der Waals surface area contributed by atoms with Gasteiger partial charge in [-0.05, 0) is 55.9 Å². The molecule has 3 rings (SSSR count). The molecule has 5 heteroatoms. The number of aromatic nitrogens is 2. The highest BCUT2D eigenvalue weighted by Crippen LogP contribution is 2.25. The quantitative estimate of drug-likeness (QED) is 0.779. The molecule has 5 nitrogen and oxygen atoms in total. The van der Waals surface area contributed by atoms with Gasteiger partial charge in [-0.2, -0.15) is 4.98 Å². The zero-order valence-corrected chi connectivity index (χ0v) is 16.4. The minimum atomic E-state index is 0.576. The molecular formula is C21H31N5. The van der Waals surface area contributed by atoms with Crippen LogP contribution < -0.4 is 15.5 Å². The monoisotopic (exact) mass is 353 g/mol. The standard InChI is InChI=1S/C21H31N5/c1-15(2)14-22-20-13-17(4)23-21(25-20)24-18-5-7-19(8-6-18)26-11-9-16(3)10-12-26/h5-8,13,15-16H,9-12,14H2,1-4H3,(H2,22,23,24,25). The summed E-state index contributed by atoms with van der Waals surface area (Å²) in [5.41, 5.74) is 3.26. The van der Waals surface area contributed by atoms with Gasteiger partial charge in [-0.3, -0.25) is 0 Å². The second kappa shape index (κ2) is 8.39. The summed E-state index contributed by atoms with van der Waals surface area (Å²) in [7, 11) is 0. The molecule has 1 aliphatic rings. The van der Waals surface area contributed by atoms with Crippen molar-refractivity contribution in [2.45, 2.75) is 40.5 Å². The zero-order chi connectivity index (χ0) is 18.5. The summed E-state index contributed by atoms with van der Waals surface area (Å²) in [6.07, 6.45) is 2.56. The van der Waals surface area contributed by atoms with Gasteiger partial charge in [-0.15, -0.1) is 0 Å². The lowest BCUT2D eigenvalue weighted by Gasteiger charge is -2.32. The maximum atomic E-state index is 4.58. The molecule has 0 aliphatic carbocycles. The van der Waals surface area contributed by atoms with E-state index in [9.17, 15) is 0 Å². The lowest BCUT2D eigenvalue weighted by Crippen LogP contribution is -2.32. The van der Waals surface area contributed by atoms with Crippen molar-refractivity contribution in [3.8, 4) is 0 Å². The Morgan fingerprint density at radius 3 is 2.46 bits per heavy atom. The Kier molecular flexibility index (Phi) is 5.96. The average Bonchev–Trinajstić information content (AvgIpc) is 2.61. The van der Waals surface area contributed by atoms with Crippen LogP contribution in [0, 0.1) is 18.8 Å². The van der Waals surface area contributed by atoms with Gasteiger partial charge in [0.25, 0.3) is 0 Å². The molecule has 0 amide bonds. The predicted octanol–water partition coefficient (Wildman–Crippen LogP) is 4.83. The molecule has 1 aromatic heterocycles. The van der Waals surface area contributed by atoms with E-state index in [2.05, 4.69) is 70.5 Å². The molecule has 0 radical (unpaired) electrons. The van der Waals surface area contributed by atoms with Crippen molar-refractivity contribution >= 4 is 23.1 Å². The topological polar surface area (TPSA) is 53.1 Å². The number of piperidine rings is 1. The third-order valence-corrected chi connectivity index (χ3v) is 4.82. The molecule has 1 fully saturated rings. The lowest BCUT2D eigenvalue weighted by molar-refractivity contribution is 0.438. The normalized spacial score (nSPS) is 15.3. The van der Waals surface area contributed by atoms with Crippen LogP contribution in [0.5, 0.6) is 0 Å². The SMILES string of the molecule is Cc1cc(NCC(C)C)nc(Nc2ccc(N3CCC(C)CC3)cc2)n1. The number of hydrogen-bond donors (Lipinski definition) is 2. The summed E-state index contributed by atoms with van der Waals surface area (Å²) in [5.74, 6) is 2.93. The van der Waals surface area contributed by atoms with Crippen molar-refractivity contribution in [1.82, 2.24) is 9.97 Å². The Labute approximate surface area is 157 Å². The minimum Gasteiger partial charge on any atom is -0.372 e. The molecule has 0 spiro atoms. The summed E-state index contributed by atoms with van der Waals surface area (Å²) in [4.78, 5) is 11.6. The number of nitrogens with zero attached hydrogens (tertiary/aromatic N) is 3. The largest absolute Gasteiger partial charge is 0.372 e. The van der Waals surface area contributed by atoms with Crippen LogP contribution in [0.15, 0.2) is 30.3 Å². The Balaban J connectivity index is 1.65. The average molecular weight is 354 g/mol. The molecule has 0 atom stereocenters. The summed E-state index contributed by atoms with van der Waals surface area (Å²) in [6.45, 7) is 11.9. The van der Waals surface area contributed by atoms with E-state index >= 15 is 0 Å². The van der Waals surface area contributed by atoms with E-state index in [0.29, 0.717) is 11.9 Å². The van der Waals surface area contributed by atoms with E-state index in [1.54, 1.807) is 0 Å². The first-order valence-electron chi connectivity index (χ1n) is 9.71. The van der Waals surface area contributed by atoms with Crippen LogP contribution in [-0.4, -0.2) is 29.6 Å². The van der Waals surface area contributed by atoms with Crippen molar-refractivity contribution in [3.63, 3.8) is 0 Å². The number of nitrogens with one attached hydrogen (secondary N) is 2. The third kappa shape index (κ3) is 5.10. The number of anilines is 4. The molecule has 0 bridgehead atoms. The highest BCUT2D eigenvalue weighted by Gasteiger charge is 2.15. The summed E-state index contributed by atoms with van der Waals surface area (Å²) >= 11 is 0. The molecule has 0 saturated carbocycles. The van der Waals surface area contributed by atoms with Crippen LogP contribution >= 0.6 is 0 Å². The molecule has 1 aromatic carbocycles. The molecule has 1 aliphatic heterocycles. The molecule has 2 aromatic rings. The van der Waals surface area contributed by atoms with Crippen LogP contribution in [-0.2, 0) is 0 Å². The van der Waals surface area contributed by atoms with Crippen LogP contribution in [0.2, 0.25) is 0 Å². The van der Waals surface area contributed by atoms with Gasteiger partial charge in [0.05, 0.1) is 0 Å². The number of aryl methyl sites for hydroxylation is 1. The molecule has 0 unspecified atom stereocenters. The van der Waals surface area contributed by atoms with E-state index in [4.69, 9.17) is 0 Å². The van der Waals surface area contributed by atoms with Gasteiger partial charge in [-0.1, -0.05) is 20.8 Å². The van der Waals surface area contributed by atoms with Crippen LogP contribution in [0.4, 0.5) is 23.1 Å². The molecule has 1 saturated heterocycles. The number of rotatable bonds is 6. The molecular weight excluding hydrogens is 322 g/mol. The van der Waals surface area contributed by atoms with Crippen molar-refractivity contribution in [2.24, 2.45) is 11.8 Å². The fourth-order valence-corrected chi connectivity index (χ4v) is 3.18. The molecule has 140 valence electrons. The van der Waals surface area contributed by atoms with Gasteiger partial charge in [0, 0.05) is 42.8 Å². The second-order valence-corrected chi connectivity index (χ2v) is 7.83. The van der Waals surface area contributed by atoms with Gasteiger partial charge < -0.3 is 15.5 Å². The van der Waals surface area contributed by atoms with Gasteiger partial charge in [-0.25, -0.2) is 4.98 Å². The second-order valence-electron chi connectivity index (χ2n) is 7.83. The van der Waals surface area contributed by atoms with E-state index in [0.717, 1.165) is 42.8 Å². The van der Waals surface area contributed by atoms with Crippen LogP contribution in [0.1, 0.15) is 39.3 Å². The van der Waals surface area contributed by atoms with Gasteiger partial charge >= 0.3 is 0 Å². The lowest BCUT2D eigenvalue weighted by atomic mass is 9.99. The van der Waals surface area contributed by atoms with Crippen LogP contribution in [0.3, 0.4) is 0 Å². The van der Waals surface area contributed by atoms with Crippen molar-refractivity contribution in [3.05, 3.63) is 36.0 Å². The summed E-state index contributed by atoms with van der Waals surface area (Å²) in [5, 5.41) is 6.70. The fraction of sp³-hybridized carbons (Fsp3) is 0.524. The van der Waals surface area contributed by atoms with Gasteiger partial charge in [0.2, 0.25) is 5.95 Å². The van der Waals surface area contributed by atoms with Gasteiger partial charge in [0.15, 0.2) is 0 Å². The van der Waals surface area contributed by atoms with E-state index in [1.807, 2.05) is 13.0 Å². The van der Waals surface area contributed by atoms with Gasteiger partial charge in [0.1, 0.15) is 5.82 Å². The Morgan fingerprint density at radius 1 is 1.12 bits per heavy atom. The molecule has 2 heterocycles. The van der Waals surface area contributed by atoms with E-state index in [1.165, 1.54) is 18.5 Å². The number of benzene rings is 1. The Morgan fingerprint density at radius 2 is 1.81 bits per heavy atom. The molecule has 2 N–H and O–H groups in total. The van der Waals surface area contributed by atoms with Crippen molar-refractivity contribution in [2.75, 3.05) is 35.2 Å². The van der Waals surface area contributed by atoms with Crippen molar-refractivity contribution in [1.29, 1.82) is 0 Å².